The molecule has 0 aliphatic carbocycles. The minimum Gasteiger partial charge on any atom is -0.307 e. The van der Waals surface area contributed by atoms with Gasteiger partial charge in [0, 0.05) is 73.0 Å². The van der Waals surface area contributed by atoms with E-state index in [1.54, 1.807) is 0 Å². The zero-order valence-corrected chi connectivity index (χ0v) is 35.6. The van der Waals surface area contributed by atoms with Crippen LogP contribution in [-0.2, 0) is 0 Å². The van der Waals surface area contributed by atoms with Crippen molar-refractivity contribution in [1.82, 2.24) is 29.1 Å². The van der Waals surface area contributed by atoms with Crippen molar-refractivity contribution in [2.45, 2.75) is 0 Å². The number of benzene rings is 8. The smallest absolute Gasteiger partial charge is 0.167 e. The van der Waals surface area contributed by atoms with Crippen LogP contribution in [-0.4, -0.2) is 29.1 Å². The van der Waals surface area contributed by atoms with Gasteiger partial charge in [-0.15, -0.1) is 22.7 Å². The molecular formula is C56H32N6S2. The second-order valence-corrected chi connectivity index (χ2v) is 18.3. The van der Waals surface area contributed by atoms with E-state index in [0.717, 1.165) is 55.6 Å². The molecule has 0 aliphatic rings. The van der Waals surface area contributed by atoms with Crippen LogP contribution in [0.15, 0.2) is 194 Å². The van der Waals surface area contributed by atoms with Gasteiger partial charge < -0.3 is 4.57 Å². The van der Waals surface area contributed by atoms with Crippen LogP contribution in [0, 0.1) is 0 Å². The summed E-state index contributed by atoms with van der Waals surface area (Å²) >= 11 is 3.66. The van der Waals surface area contributed by atoms with E-state index >= 15 is 0 Å². The summed E-state index contributed by atoms with van der Waals surface area (Å²) in [5, 5.41) is 9.64. The van der Waals surface area contributed by atoms with Gasteiger partial charge in [-0.2, -0.15) is 0 Å². The maximum absolute atomic E-state index is 5.62. The standard InChI is InChI=1S/C56H32N6S2/c1-3-15-33(16-4-1)53-58-54(34-17-5-2-6-18-34)60-55(59-53)42-31-35(61-43-23-11-7-19-36(43)38-27-29-47-49(51(38)61)40-21-9-13-25-45(40)63-47)32-57-56(42)62-44-24-12-8-20-37(44)39-28-30-48-50(52(39)62)41-22-10-14-26-46(41)64-48/h1-32H. The van der Waals surface area contributed by atoms with Gasteiger partial charge in [0.05, 0.1) is 39.5 Å². The van der Waals surface area contributed by atoms with Crippen LogP contribution < -0.4 is 0 Å². The average Bonchev–Trinajstić information content (AvgIpc) is 4.12. The lowest BCUT2D eigenvalue weighted by Gasteiger charge is -2.17. The molecule has 0 unspecified atom stereocenters. The normalized spacial score (nSPS) is 12.1. The minimum absolute atomic E-state index is 0.539. The number of rotatable bonds is 5. The van der Waals surface area contributed by atoms with Gasteiger partial charge in [-0.1, -0.05) is 146 Å². The predicted molar refractivity (Wildman–Crippen MR) is 268 cm³/mol. The van der Waals surface area contributed by atoms with Gasteiger partial charge in [0.25, 0.3) is 0 Å². The Morgan fingerprint density at radius 3 is 1.38 bits per heavy atom. The van der Waals surface area contributed by atoms with Crippen LogP contribution in [0.1, 0.15) is 0 Å². The number of para-hydroxylation sites is 2. The topological polar surface area (TPSA) is 61.4 Å². The molecule has 6 aromatic heterocycles. The molecule has 0 N–H and O–H groups in total. The number of hydrogen-bond acceptors (Lipinski definition) is 6. The number of thiophene rings is 2. The first-order valence-electron chi connectivity index (χ1n) is 21.3. The molecular weight excluding hydrogens is 821 g/mol. The number of hydrogen-bond donors (Lipinski definition) is 0. The third-order valence-electron chi connectivity index (χ3n) is 12.6. The molecule has 14 rings (SSSR count). The van der Waals surface area contributed by atoms with Crippen LogP contribution in [0.5, 0.6) is 0 Å². The maximum atomic E-state index is 5.62. The van der Waals surface area contributed by atoms with E-state index in [0.29, 0.717) is 17.5 Å². The fourth-order valence-corrected chi connectivity index (χ4v) is 12.1. The Hall–Kier alpha value is -8.04. The number of fused-ring (bicyclic) bond motifs is 14. The predicted octanol–water partition coefficient (Wildman–Crippen LogP) is 15.2. The Kier molecular flexibility index (Phi) is 7.63. The quantitative estimate of drug-likeness (QED) is 0.173. The molecule has 0 amide bonds. The highest BCUT2D eigenvalue weighted by Gasteiger charge is 2.25. The Morgan fingerprint density at radius 1 is 0.359 bits per heavy atom. The van der Waals surface area contributed by atoms with Gasteiger partial charge in [0.15, 0.2) is 17.5 Å². The highest BCUT2D eigenvalue weighted by Crippen LogP contribution is 2.46. The van der Waals surface area contributed by atoms with Crippen LogP contribution in [0.2, 0.25) is 0 Å². The fraction of sp³-hybridized carbons (Fsp3) is 0. The zero-order valence-electron chi connectivity index (χ0n) is 34.0. The highest BCUT2D eigenvalue weighted by atomic mass is 32.1. The first-order valence-corrected chi connectivity index (χ1v) is 22.9. The van der Waals surface area contributed by atoms with Gasteiger partial charge in [0.1, 0.15) is 5.82 Å². The molecule has 8 heteroatoms. The van der Waals surface area contributed by atoms with E-state index in [-0.39, 0.29) is 0 Å². The summed E-state index contributed by atoms with van der Waals surface area (Å²) in [6, 6.07) is 66.6. The van der Waals surface area contributed by atoms with Crippen molar-refractivity contribution < 1.29 is 0 Å². The summed E-state index contributed by atoms with van der Waals surface area (Å²) in [5.74, 6) is 2.47. The summed E-state index contributed by atoms with van der Waals surface area (Å²) in [6.45, 7) is 0. The summed E-state index contributed by atoms with van der Waals surface area (Å²) in [7, 11) is 0. The van der Waals surface area contributed by atoms with Gasteiger partial charge >= 0.3 is 0 Å². The first-order chi connectivity index (χ1) is 31.7. The second kappa shape index (κ2) is 13.7. The SMILES string of the molecule is c1ccc(-c2nc(-c3ccccc3)nc(-c3cc(-n4c5ccccc5c5ccc6sc7ccccc7c6c54)cnc3-n3c4ccccc4c4ccc5sc6ccccc6c5c43)n2)cc1. The lowest BCUT2D eigenvalue weighted by atomic mass is 10.1. The molecule has 0 saturated heterocycles. The van der Waals surface area contributed by atoms with Crippen LogP contribution in [0.3, 0.4) is 0 Å². The molecule has 6 nitrogen and oxygen atoms in total. The van der Waals surface area contributed by atoms with Crippen molar-refractivity contribution in [2.75, 3.05) is 0 Å². The third-order valence-corrected chi connectivity index (χ3v) is 14.9. The van der Waals surface area contributed by atoms with Crippen molar-refractivity contribution in [3.05, 3.63) is 194 Å². The van der Waals surface area contributed by atoms with E-state index in [1.165, 1.54) is 56.5 Å². The molecule has 0 fully saturated rings. The molecule has 0 atom stereocenters. The van der Waals surface area contributed by atoms with Crippen molar-refractivity contribution in [3.63, 3.8) is 0 Å². The number of aromatic nitrogens is 6. The Morgan fingerprint density at radius 2 is 0.812 bits per heavy atom. The maximum Gasteiger partial charge on any atom is 0.167 e. The van der Waals surface area contributed by atoms with E-state index in [1.807, 2.05) is 65.3 Å². The number of pyridine rings is 1. The molecule has 0 bridgehead atoms. The molecule has 0 radical (unpaired) electrons. The monoisotopic (exact) mass is 852 g/mol. The molecule has 0 saturated carbocycles. The van der Waals surface area contributed by atoms with Crippen molar-refractivity contribution in [1.29, 1.82) is 0 Å². The number of nitrogens with zero attached hydrogens (tertiary/aromatic N) is 6. The summed E-state index contributed by atoms with van der Waals surface area (Å²) in [5.41, 5.74) is 7.97. The van der Waals surface area contributed by atoms with Crippen molar-refractivity contribution in [2.24, 2.45) is 0 Å². The molecule has 0 spiro atoms. The van der Waals surface area contributed by atoms with Crippen LogP contribution >= 0.6 is 22.7 Å². The van der Waals surface area contributed by atoms with Crippen LogP contribution in [0.4, 0.5) is 0 Å². The van der Waals surface area contributed by atoms with E-state index < -0.39 is 0 Å². The van der Waals surface area contributed by atoms with E-state index in [9.17, 15) is 0 Å². The molecule has 8 aromatic carbocycles. The van der Waals surface area contributed by atoms with E-state index in [4.69, 9.17) is 19.9 Å². The highest BCUT2D eigenvalue weighted by molar-refractivity contribution is 7.26. The minimum atomic E-state index is 0.539. The molecule has 6 heterocycles. The van der Waals surface area contributed by atoms with E-state index in [2.05, 4.69) is 161 Å². The summed E-state index contributed by atoms with van der Waals surface area (Å²) in [4.78, 5) is 21.5. The molecule has 64 heavy (non-hydrogen) atoms. The largest absolute Gasteiger partial charge is 0.307 e. The molecule has 298 valence electrons. The first kappa shape index (κ1) is 35.5. The lowest BCUT2D eigenvalue weighted by Crippen LogP contribution is -2.07. The molecule has 0 aliphatic heterocycles. The average molecular weight is 853 g/mol. The Balaban J connectivity index is 1.15. The van der Waals surface area contributed by atoms with Crippen LogP contribution in [0.25, 0.3) is 130 Å². The summed E-state index contributed by atoms with van der Waals surface area (Å²) in [6.07, 6.45) is 2.04. The van der Waals surface area contributed by atoms with Crippen molar-refractivity contribution >= 4 is 107 Å². The van der Waals surface area contributed by atoms with Gasteiger partial charge in [0.2, 0.25) is 0 Å². The van der Waals surface area contributed by atoms with Gasteiger partial charge in [-0.05, 0) is 42.5 Å². The second-order valence-electron chi connectivity index (χ2n) is 16.2. The van der Waals surface area contributed by atoms with Gasteiger partial charge in [-0.3, -0.25) is 4.57 Å². The fourth-order valence-electron chi connectivity index (χ4n) is 9.86. The summed E-state index contributed by atoms with van der Waals surface area (Å²) < 4.78 is 9.75. The Bertz CT molecular complexity index is 4140. The molecule has 14 aromatic rings. The Labute approximate surface area is 373 Å². The third kappa shape index (κ3) is 5.18. The van der Waals surface area contributed by atoms with Gasteiger partial charge in [-0.25, -0.2) is 19.9 Å². The lowest BCUT2D eigenvalue weighted by molar-refractivity contribution is 1.03. The van der Waals surface area contributed by atoms with Crippen molar-refractivity contribution in [3.8, 4) is 45.7 Å². The zero-order chi connectivity index (χ0) is 41.9.